The monoisotopic (exact) mass is 438 g/mol. The summed E-state index contributed by atoms with van der Waals surface area (Å²) < 4.78 is 28.9. The van der Waals surface area contributed by atoms with Gasteiger partial charge in [0.1, 0.15) is 5.82 Å². The number of hydrogen-bond acceptors (Lipinski definition) is 4. The Morgan fingerprint density at radius 1 is 1.00 bits per heavy atom. The molecule has 0 spiro atoms. The number of carbonyl (C=O) groups is 1. The highest BCUT2D eigenvalue weighted by Gasteiger charge is 2.22. The highest BCUT2D eigenvalue weighted by molar-refractivity contribution is 7.92. The summed E-state index contributed by atoms with van der Waals surface area (Å²) in [5.41, 5.74) is 0.956. The normalized spacial score (nSPS) is 14.9. The number of hydrogen-bond donors (Lipinski definition) is 1. The molecule has 0 radical (unpaired) electrons. The first-order chi connectivity index (χ1) is 15.0. The molecule has 1 saturated carbocycles. The Balaban J connectivity index is 1.48. The van der Waals surface area contributed by atoms with E-state index in [1.807, 2.05) is 10.7 Å². The van der Waals surface area contributed by atoms with E-state index < -0.39 is 10.0 Å². The van der Waals surface area contributed by atoms with E-state index in [4.69, 9.17) is 0 Å². The fourth-order valence-corrected chi connectivity index (χ4v) is 5.13. The lowest BCUT2D eigenvalue weighted by Crippen LogP contribution is -2.26. The zero-order valence-electron chi connectivity index (χ0n) is 17.4. The van der Waals surface area contributed by atoms with Gasteiger partial charge in [0.15, 0.2) is 0 Å². The summed E-state index contributed by atoms with van der Waals surface area (Å²) in [6.45, 7) is 0. The van der Waals surface area contributed by atoms with Crippen molar-refractivity contribution in [1.29, 1.82) is 0 Å². The van der Waals surface area contributed by atoms with E-state index in [-0.39, 0.29) is 10.8 Å². The summed E-state index contributed by atoms with van der Waals surface area (Å²) in [5.74, 6) is 0.371. The predicted molar refractivity (Wildman–Crippen MR) is 121 cm³/mol. The summed E-state index contributed by atoms with van der Waals surface area (Å²) in [4.78, 5) is 12.9. The molecule has 8 heteroatoms. The molecule has 3 aromatic rings. The second-order valence-corrected chi connectivity index (χ2v) is 9.71. The average Bonchev–Trinajstić information content (AvgIpc) is 3.28. The maximum Gasteiger partial charge on any atom is 0.264 e. The third kappa shape index (κ3) is 4.49. The Morgan fingerprint density at radius 2 is 1.68 bits per heavy atom. The van der Waals surface area contributed by atoms with Crippen LogP contribution < -0.4 is 9.62 Å². The van der Waals surface area contributed by atoms with Crippen molar-refractivity contribution in [2.24, 2.45) is 0 Å². The van der Waals surface area contributed by atoms with Gasteiger partial charge in [0.25, 0.3) is 15.9 Å². The fraction of sp³-hybridized carbons (Fsp3) is 0.304. The van der Waals surface area contributed by atoms with Crippen LogP contribution in [0.15, 0.2) is 71.8 Å². The minimum Gasteiger partial charge on any atom is -0.307 e. The highest BCUT2D eigenvalue weighted by atomic mass is 32.2. The van der Waals surface area contributed by atoms with Crippen LogP contribution in [0.25, 0.3) is 0 Å². The molecule has 1 aliphatic carbocycles. The van der Waals surface area contributed by atoms with Crippen molar-refractivity contribution in [2.75, 3.05) is 16.7 Å². The number of sulfonamides is 1. The number of amides is 1. The van der Waals surface area contributed by atoms with Crippen molar-refractivity contribution < 1.29 is 13.2 Å². The number of para-hydroxylation sites is 1. The van der Waals surface area contributed by atoms with Gasteiger partial charge in [0.05, 0.1) is 22.8 Å². The standard InChI is InChI=1S/C23H26N4O3S/c1-26(19-8-4-2-5-9-19)31(29,30)21-14-12-18(13-15-21)23(28)25-22-16-17-24-27(22)20-10-6-3-7-11-20/h2,4-5,8-9,12-17,20H,3,6-7,10-11H2,1H3,(H,25,28). The van der Waals surface area contributed by atoms with Crippen LogP contribution in [0.5, 0.6) is 0 Å². The molecule has 0 bridgehead atoms. The van der Waals surface area contributed by atoms with Gasteiger partial charge in [0, 0.05) is 18.7 Å². The molecule has 1 aromatic heterocycles. The van der Waals surface area contributed by atoms with Gasteiger partial charge < -0.3 is 5.32 Å². The van der Waals surface area contributed by atoms with Crippen LogP contribution in [0.1, 0.15) is 48.5 Å². The second-order valence-electron chi connectivity index (χ2n) is 7.74. The van der Waals surface area contributed by atoms with E-state index >= 15 is 0 Å². The van der Waals surface area contributed by atoms with Crippen molar-refractivity contribution >= 4 is 27.4 Å². The molecular formula is C23H26N4O3S. The van der Waals surface area contributed by atoms with E-state index in [0.717, 1.165) is 12.8 Å². The molecule has 7 nitrogen and oxygen atoms in total. The maximum absolute atomic E-state index is 12.9. The lowest BCUT2D eigenvalue weighted by atomic mass is 9.96. The van der Waals surface area contributed by atoms with Gasteiger partial charge >= 0.3 is 0 Å². The van der Waals surface area contributed by atoms with Crippen LogP contribution in [0.4, 0.5) is 11.5 Å². The molecule has 1 heterocycles. The van der Waals surface area contributed by atoms with E-state index in [1.54, 1.807) is 36.5 Å². The first-order valence-electron chi connectivity index (χ1n) is 10.5. The summed E-state index contributed by atoms with van der Waals surface area (Å²) in [7, 11) is -2.21. The van der Waals surface area contributed by atoms with Crippen molar-refractivity contribution in [2.45, 2.75) is 43.0 Å². The van der Waals surface area contributed by atoms with Gasteiger partial charge in [-0.3, -0.25) is 9.10 Å². The Hall–Kier alpha value is -3.13. The molecule has 1 N–H and O–H groups in total. The number of aromatic nitrogens is 2. The quantitative estimate of drug-likeness (QED) is 0.616. The smallest absolute Gasteiger partial charge is 0.264 e. The summed E-state index contributed by atoms with van der Waals surface area (Å²) >= 11 is 0. The third-order valence-electron chi connectivity index (χ3n) is 5.73. The topological polar surface area (TPSA) is 84.3 Å². The molecule has 1 fully saturated rings. The number of carbonyl (C=O) groups excluding carboxylic acids is 1. The Bertz CT molecular complexity index is 1140. The molecule has 162 valence electrons. The largest absolute Gasteiger partial charge is 0.307 e. The average molecular weight is 439 g/mol. The van der Waals surface area contributed by atoms with Gasteiger partial charge in [-0.25, -0.2) is 13.1 Å². The Morgan fingerprint density at radius 3 is 2.35 bits per heavy atom. The zero-order chi connectivity index (χ0) is 21.8. The second kappa shape index (κ2) is 8.93. The molecule has 0 aliphatic heterocycles. The van der Waals surface area contributed by atoms with Crippen LogP contribution in [0.3, 0.4) is 0 Å². The lowest BCUT2D eigenvalue weighted by Gasteiger charge is -2.24. The van der Waals surface area contributed by atoms with Crippen LogP contribution >= 0.6 is 0 Å². The van der Waals surface area contributed by atoms with Crippen LogP contribution in [0.2, 0.25) is 0 Å². The van der Waals surface area contributed by atoms with E-state index in [1.165, 1.54) is 54.9 Å². The van der Waals surface area contributed by atoms with Crippen molar-refractivity contribution in [3.8, 4) is 0 Å². The third-order valence-corrected chi connectivity index (χ3v) is 7.53. The minimum atomic E-state index is -3.72. The van der Waals surface area contributed by atoms with Gasteiger partial charge in [-0.15, -0.1) is 0 Å². The minimum absolute atomic E-state index is 0.127. The number of nitrogens with zero attached hydrogens (tertiary/aromatic N) is 3. The van der Waals surface area contributed by atoms with Crippen LogP contribution in [-0.2, 0) is 10.0 Å². The molecule has 1 aliphatic rings. The summed E-state index contributed by atoms with van der Waals surface area (Å²) in [6, 6.07) is 16.9. The van der Waals surface area contributed by atoms with Crippen LogP contribution in [0, 0.1) is 0 Å². The lowest BCUT2D eigenvalue weighted by molar-refractivity contribution is 0.102. The maximum atomic E-state index is 12.9. The Kier molecular flexibility index (Phi) is 6.08. The van der Waals surface area contributed by atoms with Gasteiger partial charge in [0.2, 0.25) is 0 Å². The van der Waals surface area contributed by atoms with Gasteiger partial charge in [-0.05, 0) is 49.2 Å². The molecule has 31 heavy (non-hydrogen) atoms. The first-order valence-corrected chi connectivity index (χ1v) is 11.9. The summed E-state index contributed by atoms with van der Waals surface area (Å²) in [5, 5.41) is 7.31. The van der Waals surface area contributed by atoms with Crippen molar-refractivity contribution in [1.82, 2.24) is 9.78 Å². The Labute approximate surface area is 182 Å². The molecular weight excluding hydrogens is 412 g/mol. The van der Waals surface area contributed by atoms with Crippen LogP contribution in [-0.4, -0.2) is 31.2 Å². The first kappa shape index (κ1) is 21.1. The molecule has 4 rings (SSSR count). The van der Waals surface area contributed by atoms with Gasteiger partial charge in [-0.1, -0.05) is 37.5 Å². The molecule has 1 amide bonds. The number of nitrogens with one attached hydrogen (secondary N) is 1. The number of rotatable bonds is 6. The molecule has 0 atom stereocenters. The molecule has 0 unspecified atom stereocenters. The van der Waals surface area contributed by atoms with Crippen molar-refractivity contribution in [3.05, 3.63) is 72.4 Å². The number of anilines is 2. The summed E-state index contributed by atoms with van der Waals surface area (Å²) in [6.07, 6.45) is 7.40. The molecule has 0 saturated heterocycles. The van der Waals surface area contributed by atoms with Gasteiger partial charge in [-0.2, -0.15) is 5.10 Å². The predicted octanol–water partition coefficient (Wildman–Crippen LogP) is 4.47. The van der Waals surface area contributed by atoms with E-state index in [2.05, 4.69) is 10.4 Å². The highest BCUT2D eigenvalue weighted by Crippen LogP contribution is 2.30. The molecule has 2 aromatic carbocycles. The van der Waals surface area contributed by atoms with E-state index in [9.17, 15) is 13.2 Å². The zero-order valence-corrected chi connectivity index (χ0v) is 18.3. The van der Waals surface area contributed by atoms with Crippen molar-refractivity contribution in [3.63, 3.8) is 0 Å². The SMILES string of the molecule is CN(c1ccccc1)S(=O)(=O)c1ccc(C(=O)Nc2ccnn2C2CCCCC2)cc1. The number of benzene rings is 2. The fourth-order valence-electron chi connectivity index (χ4n) is 3.93. The van der Waals surface area contributed by atoms with E-state index in [0.29, 0.717) is 23.1 Å².